The Hall–Kier alpha value is -1.62. The summed E-state index contributed by atoms with van der Waals surface area (Å²) in [6, 6.07) is 2.56. The summed E-state index contributed by atoms with van der Waals surface area (Å²) in [6.45, 7) is 4.10. The molecule has 0 saturated carbocycles. The summed E-state index contributed by atoms with van der Waals surface area (Å²) < 4.78 is 5.73. The van der Waals surface area contributed by atoms with E-state index >= 15 is 0 Å². The van der Waals surface area contributed by atoms with E-state index in [0.717, 1.165) is 38.1 Å². The van der Waals surface area contributed by atoms with Crippen LogP contribution >= 0.6 is 0 Å². The summed E-state index contributed by atoms with van der Waals surface area (Å²) >= 11 is 0. The number of hydrogen-bond donors (Lipinski definition) is 2. The molecule has 20 heavy (non-hydrogen) atoms. The molecular formula is C15H23N3O2. The molecule has 2 heterocycles. The summed E-state index contributed by atoms with van der Waals surface area (Å²) in [4.78, 5) is 15.0. The summed E-state index contributed by atoms with van der Waals surface area (Å²) in [5.74, 6) is 0.879. The molecule has 5 heteroatoms. The minimum Gasteiger partial charge on any atom is -0.490 e. The zero-order chi connectivity index (χ0) is 14.2. The van der Waals surface area contributed by atoms with E-state index in [1.54, 1.807) is 13.1 Å². The van der Waals surface area contributed by atoms with Gasteiger partial charge in [0.05, 0.1) is 6.20 Å². The second kappa shape index (κ2) is 7.85. The van der Waals surface area contributed by atoms with Gasteiger partial charge in [-0.15, -0.1) is 0 Å². The number of rotatable bonds is 8. The second-order valence-corrected chi connectivity index (χ2v) is 5.22. The lowest BCUT2D eigenvalue weighted by Gasteiger charge is -2.27. The summed E-state index contributed by atoms with van der Waals surface area (Å²) in [5.41, 5.74) is 1.19. The molecule has 1 aliphatic heterocycles. The zero-order valence-corrected chi connectivity index (χ0v) is 12.0. The number of aromatic nitrogens is 1. The molecule has 1 aromatic heterocycles. The van der Waals surface area contributed by atoms with Crippen LogP contribution in [0.25, 0.3) is 0 Å². The molecule has 1 saturated heterocycles. The third kappa shape index (κ3) is 5.17. The molecule has 2 N–H and O–H groups in total. The number of carbonyl (C=O) groups excluding carboxylic acids is 1. The van der Waals surface area contributed by atoms with Gasteiger partial charge in [0.1, 0.15) is 12.4 Å². The van der Waals surface area contributed by atoms with Gasteiger partial charge in [0.2, 0.25) is 5.91 Å². The van der Waals surface area contributed by atoms with Crippen molar-refractivity contribution in [3.8, 4) is 5.75 Å². The van der Waals surface area contributed by atoms with Crippen molar-refractivity contribution in [3.05, 3.63) is 24.0 Å². The highest BCUT2D eigenvalue weighted by Gasteiger charge is 2.16. The van der Waals surface area contributed by atoms with Crippen molar-refractivity contribution >= 4 is 5.91 Å². The molecule has 0 spiro atoms. The molecule has 1 unspecified atom stereocenters. The van der Waals surface area contributed by atoms with Crippen LogP contribution in [0.5, 0.6) is 5.75 Å². The number of pyridine rings is 1. The highest BCUT2D eigenvalue weighted by Crippen LogP contribution is 2.14. The maximum atomic E-state index is 10.7. The van der Waals surface area contributed by atoms with Gasteiger partial charge in [0, 0.05) is 25.7 Å². The first-order chi connectivity index (χ1) is 9.74. The Labute approximate surface area is 120 Å². The highest BCUT2D eigenvalue weighted by atomic mass is 16.5. The van der Waals surface area contributed by atoms with Crippen LogP contribution in [-0.2, 0) is 11.2 Å². The molecule has 1 atom stereocenters. The lowest BCUT2D eigenvalue weighted by molar-refractivity contribution is -0.118. The van der Waals surface area contributed by atoms with E-state index in [9.17, 15) is 4.79 Å². The second-order valence-electron chi connectivity index (χ2n) is 5.22. The van der Waals surface area contributed by atoms with Crippen molar-refractivity contribution in [1.29, 1.82) is 0 Å². The fourth-order valence-electron chi connectivity index (χ4n) is 2.09. The van der Waals surface area contributed by atoms with Gasteiger partial charge in [-0.05, 0) is 43.9 Å². The summed E-state index contributed by atoms with van der Waals surface area (Å²) in [7, 11) is 0. The third-order valence-corrected chi connectivity index (χ3v) is 3.41. The van der Waals surface area contributed by atoms with Crippen LogP contribution in [0.15, 0.2) is 18.5 Å². The molecule has 2 rings (SSSR count). The van der Waals surface area contributed by atoms with Crippen molar-refractivity contribution in [2.45, 2.75) is 38.6 Å². The van der Waals surface area contributed by atoms with Gasteiger partial charge in [0.25, 0.3) is 0 Å². The SMILES string of the molecule is CC(=O)NCCCCc1cncc(OCC2CCN2)c1. The highest BCUT2D eigenvalue weighted by molar-refractivity contribution is 5.72. The molecule has 0 bridgehead atoms. The van der Waals surface area contributed by atoms with E-state index in [2.05, 4.69) is 21.7 Å². The molecule has 1 fully saturated rings. The first-order valence-electron chi connectivity index (χ1n) is 7.28. The van der Waals surface area contributed by atoms with Gasteiger partial charge >= 0.3 is 0 Å². The van der Waals surface area contributed by atoms with Crippen molar-refractivity contribution in [2.24, 2.45) is 0 Å². The average Bonchev–Trinajstić information content (AvgIpc) is 2.37. The van der Waals surface area contributed by atoms with Crippen LogP contribution in [0.2, 0.25) is 0 Å². The largest absolute Gasteiger partial charge is 0.490 e. The Morgan fingerprint density at radius 3 is 3.05 bits per heavy atom. The molecule has 110 valence electrons. The van der Waals surface area contributed by atoms with Gasteiger partial charge < -0.3 is 15.4 Å². The van der Waals surface area contributed by atoms with E-state index in [1.807, 2.05) is 6.20 Å². The van der Waals surface area contributed by atoms with E-state index in [1.165, 1.54) is 12.0 Å². The standard InChI is InChI=1S/C15H23N3O2/c1-12(19)17-6-3-2-4-13-8-15(10-16-9-13)20-11-14-5-7-18-14/h8-10,14,18H,2-7,11H2,1H3,(H,17,19). The van der Waals surface area contributed by atoms with Crippen LogP contribution in [0.1, 0.15) is 31.7 Å². The van der Waals surface area contributed by atoms with Crippen LogP contribution < -0.4 is 15.4 Å². The van der Waals surface area contributed by atoms with Gasteiger partial charge in [-0.1, -0.05) is 0 Å². The molecule has 0 radical (unpaired) electrons. The van der Waals surface area contributed by atoms with Crippen LogP contribution in [0.4, 0.5) is 0 Å². The summed E-state index contributed by atoms with van der Waals surface area (Å²) in [6.07, 6.45) is 7.82. The number of ether oxygens (including phenoxy) is 1. The molecule has 1 aromatic rings. The van der Waals surface area contributed by atoms with Gasteiger partial charge in [-0.2, -0.15) is 0 Å². The van der Waals surface area contributed by atoms with Crippen molar-refractivity contribution in [1.82, 2.24) is 15.6 Å². The first kappa shape index (κ1) is 14.8. The lowest BCUT2D eigenvalue weighted by Crippen LogP contribution is -2.46. The van der Waals surface area contributed by atoms with E-state index in [-0.39, 0.29) is 5.91 Å². The number of amides is 1. The van der Waals surface area contributed by atoms with Crippen molar-refractivity contribution < 1.29 is 9.53 Å². The molecule has 0 aliphatic carbocycles. The minimum absolute atomic E-state index is 0.0340. The third-order valence-electron chi connectivity index (χ3n) is 3.41. The number of nitrogens with one attached hydrogen (secondary N) is 2. The van der Waals surface area contributed by atoms with Crippen LogP contribution in [-0.4, -0.2) is 36.6 Å². The normalized spacial score (nSPS) is 17.4. The minimum atomic E-state index is 0.0340. The Morgan fingerprint density at radius 2 is 2.35 bits per heavy atom. The maximum absolute atomic E-state index is 10.7. The number of aryl methyl sites for hydroxylation is 1. The van der Waals surface area contributed by atoms with Crippen molar-refractivity contribution in [3.63, 3.8) is 0 Å². The van der Waals surface area contributed by atoms with E-state index < -0.39 is 0 Å². The Balaban J connectivity index is 1.67. The Morgan fingerprint density at radius 1 is 1.50 bits per heavy atom. The molecule has 1 amide bonds. The molecular weight excluding hydrogens is 254 g/mol. The topological polar surface area (TPSA) is 63.2 Å². The number of hydrogen-bond acceptors (Lipinski definition) is 4. The summed E-state index contributed by atoms with van der Waals surface area (Å²) in [5, 5.41) is 6.11. The lowest BCUT2D eigenvalue weighted by atomic mass is 10.1. The number of unbranched alkanes of at least 4 members (excludes halogenated alkanes) is 1. The van der Waals surface area contributed by atoms with E-state index in [0.29, 0.717) is 12.6 Å². The van der Waals surface area contributed by atoms with Crippen molar-refractivity contribution in [2.75, 3.05) is 19.7 Å². The smallest absolute Gasteiger partial charge is 0.216 e. The molecule has 0 aromatic carbocycles. The predicted octanol–water partition coefficient (Wildman–Crippen LogP) is 1.28. The maximum Gasteiger partial charge on any atom is 0.216 e. The quantitative estimate of drug-likeness (QED) is 0.703. The Bertz CT molecular complexity index is 433. The number of nitrogens with zero attached hydrogens (tertiary/aromatic N) is 1. The number of carbonyl (C=O) groups is 1. The molecule has 5 nitrogen and oxygen atoms in total. The fraction of sp³-hybridized carbons (Fsp3) is 0.600. The zero-order valence-electron chi connectivity index (χ0n) is 12.0. The monoisotopic (exact) mass is 277 g/mol. The van der Waals surface area contributed by atoms with E-state index in [4.69, 9.17) is 4.74 Å². The van der Waals surface area contributed by atoms with Gasteiger partial charge in [0.15, 0.2) is 0 Å². The molecule has 1 aliphatic rings. The predicted molar refractivity (Wildman–Crippen MR) is 77.8 cm³/mol. The fourth-order valence-corrected chi connectivity index (χ4v) is 2.09. The van der Waals surface area contributed by atoms with Gasteiger partial charge in [-0.3, -0.25) is 9.78 Å². The van der Waals surface area contributed by atoms with Gasteiger partial charge in [-0.25, -0.2) is 0 Å². The average molecular weight is 277 g/mol. The Kier molecular flexibility index (Phi) is 5.80. The van der Waals surface area contributed by atoms with Crippen LogP contribution in [0.3, 0.4) is 0 Å². The first-order valence-corrected chi connectivity index (χ1v) is 7.28. The van der Waals surface area contributed by atoms with Crippen LogP contribution in [0, 0.1) is 0 Å².